The van der Waals surface area contributed by atoms with Gasteiger partial charge in [-0.2, -0.15) is 0 Å². The molecule has 0 radical (unpaired) electrons. The number of halogens is 3. The molecule has 1 aromatic carbocycles. The van der Waals surface area contributed by atoms with Crippen molar-refractivity contribution in [2.45, 2.75) is 38.7 Å². The van der Waals surface area contributed by atoms with Gasteiger partial charge < -0.3 is 10.1 Å². The highest BCUT2D eigenvalue weighted by atomic mass is 127. The third-order valence-electron chi connectivity index (χ3n) is 2.93. The third-order valence-corrected chi connectivity index (χ3v) is 3.65. The maximum Gasteiger partial charge on any atom is 0.261 e. The fraction of sp³-hybridized carbons (Fsp3) is 0.600. The van der Waals surface area contributed by atoms with Crippen LogP contribution >= 0.6 is 22.6 Å². The zero-order chi connectivity index (χ0) is 14.8. The quantitative estimate of drug-likeness (QED) is 0.478. The van der Waals surface area contributed by atoms with Crippen molar-refractivity contribution < 1.29 is 13.5 Å². The molecule has 5 heteroatoms. The summed E-state index contributed by atoms with van der Waals surface area (Å²) in [6.45, 7) is 2.95. The normalized spacial score (nSPS) is 12.8. The smallest absolute Gasteiger partial charge is 0.261 e. The van der Waals surface area contributed by atoms with Gasteiger partial charge in [-0.25, -0.2) is 8.78 Å². The summed E-state index contributed by atoms with van der Waals surface area (Å²) in [6, 6.07) is 8.66. The van der Waals surface area contributed by atoms with Gasteiger partial charge in [-0.3, -0.25) is 0 Å². The lowest BCUT2D eigenvalue weighted by Crippen LogP contribution is -2.33. The molecule has 2 nitrogen and oxygen atoms in total. The molecule has 0 aromatic heterocycles. The number of ether oxygens (including phenoxy) is 1. The van der Waals surface area contributed by atoms with Crippen LogP contribution < -0.4 is 5.32 Å². The fourth-order valence-electron chi connectivity index (χ4n) is 1.93. The summed E-state index contributed by atoms with van der Waals surface area (Å²) in [5.74, 6) is 0. The first-order valence-electron chi connectivity index (χ1n) is 6.95. The van der Waals surface area contributed by atoms with Crippen LogP contribution in [-0.4, -0.2) is 32.2 Å². The first-order chi connectivity index (χ1) is 9.61. The minimum absolute atomic E-state index is 0.271. The zero-order valence-corrected chi connectivity index (χ0v) is 13.9. The molecule has 0 aliphatic rings. The van der Waals surface area contributed by atoms with E-state index in [1.807, 2.05) is 0 Å². The van der Waals surface area contributed by atoms with E-state index in [1.54, 1.807) is 0 Å². The van der Waals surface area contributed by atoms with Crippen LogP contribution in [0.3, 0.4) is 0 Å². The van der Waals surface area contributed by atoms with Crippen molar-refractivity contribution in [3.05, 3.63) is 33.4 Å². The molecule has 1 aromatic rings. The van der Waals surface area contributed by atoms with Crippen molar-refractivity contribution in [2.24, 2.45) is 0 Å². The largest absolute Gasteiger partial charge is 0.375 e. The molecule has 0 bridgehead atoms. The molecule has 0 saturated heterocycles. The molecule has 1 N–H and O–H groups in total. The van der Waals surface area contributed by atoms with Crippen LogP contribution in [-0.2, 0) is 11.2 Å². The van der Waals surface area contributed by atoms with Gasteiger partial charge in [-0.05, 0) is 66.1 Å². The summed E-state index contributed by atoms with van der Waals surface area (Å²) >= 11 is 2.28. The third kappa shape index (κ3) is 8.11. The minimum Gasteiger partial charge on any atom is -0.375 e. The lowest BCUT2D eigenvalue weighted by Gasteiger charge is -2.18. The summed E-state index contributed by atoms with van der Waals surface area (Å²) in [6.07, 6.45) is 0.322. The molecule has 0 fully saturated rings. The molecule has 0 aliphatic heterocycles. The average molecular weight is 397 g/mol. The Bertz CT molecular complexity index is 359. The molecular formula is C15H22F2INO. The molecule has 0 heterocycles. The van der Waals surface area contributed by atoms with Gasteiger partial charge in [-0.15, -0.1) is 0 Å². The van der Waals surface area contributed by atoms with Gasteiger partial charge in [0.25, 0.3) is 6.43 Å². The lowest BCUT2D eigenvalue weighted by atomic mass is 10.0. The highest BCUT2D eigenvalue weighted by Crippen LogP contribution is 2.10. The molecule has 0 spiro atoms. The number of alkyl halides is 2. The molecular weight excluding hydrogens is 375 g/mol. The highest BCUT2D eigenvalue weighted by Gasteiger charge is 2.10. The van der Waals surface area contributed by atoms with Crippen LogP contribution in [0, 0.1) is 3.57 Å². The van der Waals surface area contributed by atoms with Crippen molar-refractivity contribution in [1.82, 2.24) is 5.32 Å². The Morgan fingerprint density at radius 3 is 2.55 bits per heavy atom. The van der Waals surface area contributed by atoms with Gasteiger partial charge in [0.2, 0.25) is 0 Å². The van der Waals surface area contributed by atoms with Gasteiger partial charge in [0, 0.05) is 16.2 Å². The van der Waals surface area contributed by atoms with E-state index in [2.05, 4.69) is 59.1 Å². The SMILES string of the molecule is CCCNC(CCOCC(F)F)Cc1ccc(I)cc1. The first kappa shape index (κ1) is 17.8. The molecule has 0 aliphatic carbocycles. The van der Waals surface area contributed by atoms with Crippen LogP contribution in [0.15, 0.2) is 24.3 Å². The zero-order valence-electron chi connectivity index (χ0n) is 11.7. The molecule has 20 heavy (non-hydrogen) atoms. The number of benzene rings is 1. The van der Waals surface area contributed by atoms with Crippen molar-refractivity contribution in [1.29, 1.82) is 0 Å². The Hall–Kier alpha value is -0.270. The van der Waals surface area contributed by atoms with E-state index in [0.717, 1.165) is 25.8 Å². The summed E-state index contributed by atoms with van der Waals surface area (Å²) in [5.41, 5.74) is 1.26. The van der Waals surface area contributed by atoms with E-state index in [-0.39, 0.29) is 6.04 Å². The van der Waals surface area contributed by atoms with E-state index >= 15 is 0 Å². The fourth-order valence-corrected chi connectivity index (χ4v) is 2.29. The maximum atomic E-state index is 12.0. The maximum absolute atomic E-state index is 12.0. The summed E-state index contributed by atoms with van der Waals surface area (Å²) in [4.78, 5) is 0. The van der Waals surface area contributed by atoms with Gasteiger partial charge in [0.15, 0.2) is 0 Å². The molecule has 114 valence electrons. The van der Waals surface area contributed by atoms with Crippen LogP contribution in [0.2, 0.25) is 0 Å². The molecule has 1 atom stereocenters. The summed E-state index contributed by atoms with van der Waals surface area (Å²) in [5, 5.41) is 3.45. The van der Waals surface area contributed by atoms with E-state index in [1.165, 1.54) is 9.13 Å². The Labute approximate surface area is 133 Å². The number of hydrogen-bond acceptors (Lipinski definition) is 2. The molecule has 1 unspecified atom stereocenters. The van der Waals surface area contributed by atoms with Crippen molar-refractivity contribution in [3.8, 4) is 0 Å². The second-order valence-corrected chi connectivity index (χ2v) is 5.98. The van der Waals surface area contributed by atoms with Crippen molar-refractivity contribution >= 4 is 22.6 Å². The summed E-state index contributed by atoms with van der Waals surface area (Å²) in [7, 11) is 0. The van der Waals surface area contributed by atoms with Crippen LogP contribution in [0.1, 0.15) is 25.3 Å². The topological polar surface area (TPSA) is 21.3 Å². The van der Waals surface area contributed by atoms with Crippen LogP contribution in [0.4, 0.5) is 8.78 Å². The number of nitrogens with one attached hydrogen (secondary N) is 1. The van der Waals surface area contributed by atoms with E-state index in [0.29, 0.717) is 6.61 Å². The van der Waals surface area contributed by atoms with E-state index in [4.69, 9.17) is 4.74 Å². The first-order valence-corrected chi connectivity index (χ1v) is 8.03. The predicted molar refractivity (Wildman–Crippen MR) is 86.4 cm³/mol. The van der Waals surface area contributed by atoms with Crippen LogP contribution in [0.5, 0.6) is 0 Å². The molecule has 0 saturated carbocycles. The minimum atomic E-state index is -2.38. The predicted octanol–water partition coefficient (Wildman–Crippen LogP) is 3.87. The number of hydrogen-bond donors (Lipinski definition) is 1. The van der Waals surface area contributed by atoms with E-state index in [9.17, 15) is 8.78 Å². The second-order valence-electron chi connectivity index (χ2n) is 4.74. The van der Waals surface area contributed by atoms with Gasteiger partial charge >= 0.3 is 0 Å². The van der Waals surface area contributed by atoms with Gasteiger partial charge in [0.05, 0.1) is 0 Å². The standard InChI is InChI=1S/C15H22F2INO/c1-2-8-19-14(7-9-20-11-15(16)17)10-12-3-5-13(18)6-4-12/h3-6,14-15,19H,2,7-11H2,1H3. The van der Waals surface area contributed by atoms with Crippen molar-refractivity contribution in [3.63, 3.8) is 0 Å². The van der Waals surface area contributed by atoms with Crippen LogP contribution in [0.25, 0.3) is 0 Å². The number of rotatable bonds is 10. The molecule has 1 rings (SSSR count). The summed E-state index contributed by atoms with van der Waals surface area (Å²) < 4.78 is 30.2. The Morgan fingerprint density at radius 2 is 1.95 bits per heavy atom. The Balaban J connectivity index is 2.40. The van der Waals surface area contributed by atoms with E-state index < -0.39 is 13.0 Å². The average Bonchev–Trinajstić information content (AvgIpc) is 2.42. The lowest BCUT2D eigenvalue weighted by molar-refractivity contribution is 0.0144. The van der Waals surface area contributed by atoms with Gasteiger partial charge in [-0.1, -0.05) is 19.1 Å². The Morgan fingerprint density at radius 1 is 1.25 bits per heavy atom. The second kappa shape index (κ2) is 10.5. The molecule has 0 amide bonds. The monoisotopic (exact) mass is 397 g/mol. The highest BCUT2D eigenvalue weighted by molar-refractivity contribution is 14.1. The van der Waals surface area contributed by atoms with Crippen molar-refractivity contribution in [2.75, 3.05) is 19.8 Å². The Kier molecular flexibility index (Phi) is 9.30. The van der Waals surface area contributed by atoms with Gasteiger partial charge in [0.1, 0.15) is 6.61 Å².